The van der Waals surface area contributed by atoms with E-state index in [1.54, 1.807) is 0 Å². The van der Waals surface area contributed by atoms with Crippen molar-refractivity contribution >= 4 is 135 Å². The molecule has 38 nitrogen and oxygen atoms in total. The number of hydrogen-bond acceptors (Lipinski definition) is 30. The summed E-state index contributed by atoms with van der Waals surface area (Å²) in [6.45, 7) is -1.63. The van der Waals surface area contributed by atoms with Gasteiger partial charge < -0.3 is 51.8 Å². The van der Waals surface area contributed by atoms with E-state index < -0.39 is 216 Å². The first-order valence-electron chi connectivity index (χ1n) is 19.1. The standard InChI is InChI=1S/C33H24O38S8.Na.H/c34-28-26-22(10-16(64-72(36,37)38)12-24(26)62-30(32(28)70-78(54,55)56)14-2-4-18(66-74(42,43)44)20(8-14)68-76(48,49)50)60-6-1-7-61-23-11-17(65-73(39,40)41)13-25-27(23)29(35)33(71-79(57,58)59)31(63-25)15-3-5-19(67-75(45,46)47)21(9-15)69-77(51,52)53;;/h2-5,8-13H,1,6-7H2,(H,36,37,38)(H,39,40,41)(H,42,43,44)(H,45,46,47)(H,48,49,50)(H,51,52,53)(H,54,55,56)(H,57,58,59);;. The molecule has 2 heterocycles. The van der Waals surface area contributed by atoms with Crippen LogP contribution in [0.25, 0.3) is 44.6 Å². The molecule has 0 amide bonds. The van der Waals surface area contributed by atoms with Crippen LogP contribution in [0.3, 0.4) is 0 Å². The molecular formula is C33H25NaO38S8. The van der Waals surface area contributed by atoms with Crippen molar-refractivity contribution in [2.75, 3.05) is 13.2 Å². The fraction of sp³-hybridized carbons (Fsp3) is 0.0909. The second-order valence-electron chi connectivity index (χ2n) is 14.2. The molecule has 6 aromatic rings. The van der Waals surface area contributed by atoms with Gasteiger partial charge in [-0.05, 0) is 36.4 Å². The molecule has 0 aliphatic rings. The topological polar surface area (TPSA) is 588 Å². The Bertz CT molecular complexity index is 4260. The van der Waals surface area contributed by atoms with Crippen LogP contribution >= 0.6 is 0 Å². The van der Waals surface area contributed by atoms with Crippen molar-refractivity contribution in [1.82, 2.24) is 0 Å². The first-order valence-corrected chi connectivity index (χ1v) is 30.0. The molecule has 8 N–H and O–H groups in total. The zero-order chi connectivity index (χ0) is 59.2. The van der Waals surface area contributed by atoms with Gasteiger partial charge in [0.1, 0.15) is 33.4 Å². The third-order valence-electron chi connectivity index (χ3n) is 8.56. The molecule has 0 fully saturated rings. The predicted molar refractivity (Wildman–Crippen MR) is 256 cm³/mol. The van der Waals surface area contributed by atoms with Crippen LogP contribution < -0.4 is 53.8 Å². The molecule has 6 rings (SSSR count). The van der Waals surface area contributed by atoms with E-state index in [9.17, 15) is 104 Å². The van der Waals surface area contributed by atoms with Crippen molar-refractivity contribution in [3.63, 3.8) is 0 Å². The Hall–Kier alpha value is -6.42. The molecule has 0 radical (unpaired) electrons. The Labute approximate surface area is 467 Å². The predicted octanol–water partition coefficient (Wildman–Crippen LogP) is -0.114. The van der Waals surface area contributed by atoms with E-state index in [4.69, 9.17) is 27.4 Å². The van der Waals surface area contributed by atoms with Crippen LogP contribution in [0, 0.1) is 0 Å². The van der Waals surface area contributed by atoms with E-state index in [-0.39, 0.29) is 29.6 Å². The molecular weight excluding hydrogens is 1280 g/mol. The SMILES string of the molecule is O=c1c(OS(=O)(=O)O)c(-c2ccc(OS(=O)(=O)O)c(OS(=O)(=O)O)c2)oc2cc(OS(=O)(=O)O)cc(OCCCOc3cc(OS(=O)(=O)O)cc4oc(-c5ccc(OS(=O)(=O)O)c(OS(=O)(=O)O)c5)c(OS(=O)(=O)O)c(=O)c34)c12.[NaH]. The van der Waals surface area contributed by atoms with Gasteiger partial charge in [0, 0.05) is 41.8 Å². The van der Waals surface area contributed by atoms with Crippen molar-refractivity contribution < 1.29 is 156 Å². The normalized spacial score (nSPS) is 12.7. The summed E-state index contributed by atoms with van der Waals surface area (Å²) in [4.78, 5) is 28.2. The number of fused-ring (bicyclic) bond motifs is 2. The molecule has 0 atom stereocenters. The second kappa shape index (κ2) is 23.2. The van der Waals surface area contributed by atoms with Gasteiger partial charge in [0.15, 0.2) is 46.0 Å². The summed E-state index contributed by atoms with van der Waals surface area (Å²) >= 11 is 0. The van der Waals surface area contributed by atoms with Gasteiger partial charge in [0.25, 0.3) is 0 Å². The molecule has 47 heteroatoms. The average Bonchev–Trinajstić information content (AvgIpc) is 3.22. The van der Waals surface area contributed by atoms with Crippen molar-refractivity contribution in [1.29, 1.82) is 0 Å². The molecule has 2 aromatic heterocycles. The average molecular weight is 1310 g/mol. The molecule has 0 saturated carbocycles. The number of ether oxygens (including phenoxy) is 2. The Balaban J connectivity index is 0.0000118. The van der Waals surface area contributed by atoms with E-state index in [1.807, 2.05) is 0 Å². The van der Waals surface area contributed by atoms with E-state index in [0.717, 1.165) is 0 Å². The van der Waals surface area contributed by atoms with Gasteiger partial charge in [-0.2, -0.15) is 67.3 Å². The molecule has 0 aliphatic heterocycles. The summed E-state index contributed by atoms with van der Waals surface area (Å²) in [5, 5.41) is -1.94. The van der Waals surface area contributed by atoms with Gasteiger partial charge in [-0.25, -0.2) is 0 Å². The van der Waals surface area contributed by atoms with Gasteiger partial charge in [-0.15, -0.1) is 0 Å². The first-order chi connectivity index (χ1) is 35.9. The van der Waals surface area contributed by atoms with Gasteiger partial charge in [0.2, 0.25) is 22.4 Å². The van der Waals surface area contributed by atoms with Crippen molar-refractivity contribution in [3.8, 4) is 80.1 Å². The van der Waals surface area contributed by atoms with Crippen LogP contribution in [0.15, 0.2) is 79.1 Å². The van der Waals surface area contributed by atoms with E-state index in [1.165, 1.54) is 0 Å². The van der Waals surface area contributed by atoms with Gasteiger partial charge in [0.05, 0.1) is 13.2 Å². The molecule has 0 saturated heterocycles. The van der Waals surface area contributed by atoms with Crippen LogP contribution in [-0.2, 0) is 83.2 Å². The summed E-state index contributed by atoms with van der Waals surface area (Å²) in [5.74, 6) is -14.4. The summed E-state index contributed by atoms with van der Waals surface area (Å²) in [7, 11) is -44.8. The minimum atomic E-state index is -5.80. The van der Waals surface area contributed by atoms with Gasteiger partial charge in [-0.3, -0.25) is 46.0 Å². The third kappa shape index (κ3) is 18.3. The zero-order valence-corrected chi connectivity index (χ0v) is 43.5. The van der Waals surface area contributed by atoms with Crippen LogP contribution in [-0.4, -0.2) is 147 Å². The molecule has 434 valence electrons. The molecule has 80 heavy (non-hydrogen) atoms. The molecule has 0 bridgehead atoms. The van der Waals surface area contributed by atoms with Crippen LogP contribution in [0.5, 0.6) is 57.5 Å². The Morgan fingerprint density at radius 3 is 0.925 bits per heavy atom. The van der Waals surface area contributed by atoms with E-state index in [2.05, 4.69) is 33.5 Å². The monoisotopic (exact) mass is 1310 g/mol. The first kappa shape index (κ1) is 64.4. The molecule has 0 unspecified atom stereocenters. The Morgan fingerprint density at radius 2 is 0.637 bits per heavy atom. The zero-order valence-electron chi connectivity index (χ0n) is 37.0. The van der Waals surface area contributed by atoms with E-state index >= 15 is 0 Å². The van der Waals surface area contributed by atoms with Crippen LogP contribution in [0.2, 0.25) is 0 Å². The Morgan fingerprint density at radius 1 is 0.350 bits per heavy atom. The molecule has 4 aromatic carbocycles. The summed E-state index contributed by atoms with van der Waals surface area (Å²) in [6, 6.07) is 4.92. The fourth-order valence-electron chi connectivity index (χ4n) is 6.24. The fourth-order valence-corrected chi connectivity index (χ4v) is 9.09. The number of hydrogen-bond donors (Lipinski definition) is 8. The van der Waals surface area contributed by atoms with Crippen molar-refractivity contribution in [2.24, 2.45) is 0 Å². The number of benzene rings is 4. The Kier molecular flexibility index (Phi) is 18.7. The maximum atomic E-state index is 14.1. The minimum absolute atomic E-state index is 0. The summed E-state index contributed by atoms with van der Waals surface area (Å²) in [5.41, 5.74) is -6.88. The van der Waals surface area contributed by atoms with Crippen LogP contribution in [0.4, 0.5) is 0 Å². The third-order valence-corrected chi connectivity index (χ3v) is 11.7. The van der Waals surface area contributed by atoms with Crippen molar-refractivity contribution in [3.05, 3.63) is 81.1 Å². The molecule has 0 spiro atoms. The van der Waals surface area contributed by atoms with Crippen LogP contribution in [0.1, 0.15) is 6.42 Å². The summed E-state index contributed by atoms with van der Waals surface area (Å²) in [6.07, 6.45) is -0.561. The van der Waals surface area contributed by atoms with Gasteiger partial charge >= 0.3 is 113 Å². The van der Waals surface area contributed by atoms with E-state index in [0.29, 0.717) is 60.7 Å². The van der Waals surface area contributed by atoms with Gasteiger partial charge in [-0.1, -0.05) is 0 Å². The summed E-state index contributed by atoms with van der Waals surface area (Å²) < 4.78 is 318. The second-order valence-corrected chi connectivity index (χ2v) is 22.4. The maximum absolute atomic E-state index is 14.1. The number of rotatable bonds is 24. The molecule has 0 aliphatic carbocycles. The van der Waals surface area contributed by atoms with Crippen molar-refractivity contribution in [2.45, 2.75) is 6.42 Å². The quantitative estimate of drug-likeness (QED) is 0.0223.